The van der Waals surface area contributed by atoms with E-state index in [1.807, 2.05) is 24.3 Å². The molecular formula is C15H17N3O3S. The molecule has 2 N–H and O–H groups in total. The number of para-hydroxylation sites is 1. The molecule has 0 radical (unpaired) electrons. The molecule has 7 heteroatoms. The molecule has 2 aliphatic rings. The van der Waals surface area contributed by atoms with Gasteiger partial charge in [0, 0.05) is 18.0 Å². The van der Waals surface area contributed by atoms with E-state index in [-0.39, 0.29) is 30.2 Å². The van der Waals surface area contributed by atoms with Crippen molar-refractivity contribution in [2.45, 2.75) is 11.3 Å². The Morgan fingerprint density at radius 2 is 2.09 bits per heavy atom. The zero-order valence-electron chi connectivity index (χ0n) is 12.0. The first-order valence-corrected chi connectivity index (χ1v) is 8.14. The molecule has 1 fully saturated rings. The van der Waals surface area contributed by atoms with Gasteiger partial charge in [0.1, 0.15) is 6.54 Å². The van der Waals surface area contributed by atoms with Gasteiger partial charge in [0.25, 0.3) is 0 Å². The summed E-state index contributed by atoms with van der Waals surface area (Å²) in [6.07, 6.45) is 0.599. The highest BCUT2D eigenvalue weighted by atomic mass is 32.2. The normalized spacial score (nSPS) is 20.9. The van der Waals surface area contributed by atoms with Crippen LogP contribution < -0.4 is 10.6 Å². The van der Waals surface area contributed by atoms with Crippen LogP contribution in [0.1, 0.15) is 6.42 Å². The zero-order valence-corrected chi connectivity index (χ0v) is 12.8. The molecule has 0 aliphatic carbocycles. The third kappa shape index (κ3) is 2.81. The molecule has 0 bridgehead atoms. The maximum atomic E-state index is 12.4. The predicted molar refractivity (Wildman–Crippen MR) is 83.4 cm³/mol. The second-order valence-electron chi connectivity index (χ2n) is 5.46. The minimum absolute atomic E-state index is 0.0158. The van der Waals surface area contributed by atoms with Crippen molar-refractivity contribution < 1.29 is 14.4 Å². The predicted octanol–water partition coefficient (Wildman–Crippen LogP) is 0.459. The average molecular weight is 319 g/mol. The van der Waals surface area contributed by atoms with Crippen LogP contribution in [0.3, 0.4) is 0 Å². The van der Waals surface area contributed by atoms with Gasteiger partial charge >= 0.3 is 0 Å². The Kier molecular flexibility index (Phi) is 4.06. The Hall–Kier alpha value is -2.02. The van der Waals surface area contributed by atoms with Crippen molar-refractivity contribution in [2.75, 3.05) is 30.3 Å². The number of benzene rings is 1. The summed E-state index contributed by atoms with van der Waals surface area (Å²) in [4.78, 5) is 39.9. The van der Waals surface area contributed by atoms with Crippen LogP contribution in [-0.2, 0) is 14.4 Å². The summed E-state index contributed by atoms with van der Waals surface area (Å²) in [6.45, 7) is 0.888. The van der Waals surface area contributed by atoms with Crippen LogP contribution in [0.15, 0.2) is 29.2 Å². The van der Waals surface area contributed by atoms with E-state index in [9.17, 15) is 14.4 Å². The highest BCUT2D eigenvalue weighted by Gasteiger charge is 2.32. The first kappa shape index (κ1) is 14.9. The van der Waals surface area contributed by atoms with Crippen LogP contribution in [0.25, 0.3) is 0 Å². The molecule has 2 aliphatic heterocycles. The highest BCUT2D eigenvalue weighted by Crippen LogP contribution is 2.34. The minimum Gasteiger partial charge on any atom is -0.369 e. The maximum Gasteiger partial charge on any atom is 0.242 e. The second kappa shape index (κ2) is 6.00. The second-order valence-corrected chi connectivity index (χ2v) is 6.48. The van der Waals surface area contributed by atoms with Gasteiger partial charge in [-0.1, -0.05) is 12.1 Å². The molecular weight excluding hydrogens is 302 g/mol. The van der Waals surface area contributed by atoms with E-state index < -0.39 is 0 Å². The summed E-state index contributed by atoms with van der Waals surface area (Å²) >= 11 is 1.49. The number of likely N-dealkylation sites (tertiary alicyclic amines) is 1. The molecule has 0 aromatic heterocycles. The van der Waals surface area contributed by atoms with Crippen molar-refractivity contribution in [1.82, 2.24) is 4.90 Å². The molecule has 3 rings (SSSR count). The Balaban J connectivity index is 1.72. The summed E-state index contributed by atoms with van der Waals surface area (Å²) in [7, 11) is 0. The van der Waals surface area contributed by atoms with E-state index in [0.29, 0.717) is 25.3 Å². The molecule has 1 aromatic rings. The number of carbonyl (C=O) groups excluding carboxylic acids is 3. The van der Waals surface area contributed by atoms with Crippen LogP contribution >= 0.6 is 11.8 Å². The molecule has 6 nitrogen and oxygen atoms in total. The van der Waals surface area contributed by atoms with Crippen molar-refractivity contribution in [2.24, 2.45) is 11.7 Å². The average Bonchev–Trinajstić information content (AvgIpc) is 3.00. The summed E-state index contributed by atoms with van der Waals surface area (Å²) in [5.41, 5.74) is 6.07. The summed E-state index contributed by atoms with van der Waals surface area (Å²) in [5, 5.41) is 0. The van der Waals surface area contributed by atoms with Crippen LogP contribution in [0.4, 0.5) is 5.69 Å². The molecule has 0 spiro atoms. The van der Waals surface area contributed by atoms with Gasteiger partial charge in [-0.3, -0.25) is 14.4 Å². The number of hydrogen-bond donors (Lipinski definition) is 1. The first-order chi connectivity index (χ1) is 10.6. The van der Waals surface area contributed by atoms with E-state index in [4.69, 9.17) is 5.73 Å². The molecule has 1 unspecified atom stereocenters. The molecule has 0 saturated carbocycles. The van der Waals surface area contributed by atoms with Gasteiger partial charge in [-0.25, -0.2) is 0 Å². The molecule has 1 aromatic carbocycles. The molecule has 116 valence electrons. The Morgan fingerprint density at radius 1 is 1.32 bits per heavy atom. The van der Waals surface area contributed by atoms with Gasteiger partial charge in [-0.2, -0.15) is 0 Å². The van der Waals surface area contributed by atoms with Gasteiger partial charge in [-0.05, 0) is 18.6 Å². The van der Waals surface area contributed by atoms with Gasteiger partial charge in [-0.15, -0.1) is 11.8 Å². The molecule has 1 atom stereocenters. The number of amides is 3. The fraction of sp³-hybridized carbons (Fsp3) is 0.400. The van der Waals surface area contributed by atoms with Crippen molar-refractivity contribution in [1.29, 1.82) is 0 Å². The summed E-state index contributed by atoms with van der Waals surface area (Å²) in [6, 6.07) is 7.57. The standard InChI is InChI=1S/C15H17N3O3S/c16-15(21)10-5-6-17(7-10)13(19)8-18-11-3-1-2-4-12(11)22-9-14(18)20/h1-4,10H,5-9H2,(H2,16,21). The number of anilines is 1. The van der Waals surface area contributed by atoms with Gasteiger partial charge in [0.2, 0.25) is 17.7 Å². The van der Waals surface area contributed by atoms with E-state index in [2.05, 4.69) is 0 Å². The monoisotopic (exact) mass is 319 g/mol. The Bertz CT molecular complexity index is 634. The van der Waals surface area contributed by atoms with Crippen LogP contribution in [-0.4, -0.2) is 48.0 Å². The Labute approximate surface area is 132 Å². The SMILES string of the molecule is NC(=O)C1CCN(C(=O)CN2C(=O)CSc3ccccc32)C1. The number of nitrogens with two attached hydrogens (primary N) is 1. The number of hydrogen-bond acceptors (Lipinski definition) is 4. The zero-order chi connectivity index (χ0) is 15.7. The molecule has 3 amide bonds. The summed E-state index contributed by atoms with van der Waals surface area (Å²) in [5.74, 6) is -0.509. The van der Waals surface area contributed by atoms with Gasteiger partial charge in [0.15, 0.2) is 0 Å². The third-order valence-electron chi connectivity index (χ3n) is 4.04. The Morgan fingerprint density at radius 3 is 2.82 bits per heavy atom. The number of fused-ring (bicyclic) bond motifs is 1. The molecule has 1 saturated heterocycles. The van der Waals surface area contributed by atoms with Crippen molar-refractivity contribution in [3.8, 4) is 0 Å². The smallest absolute Gasteiger partial charge is 0.242 e. The van der Waals surface area contributed by atoms with Crippen molar-refractivity contribution in [3.05, 3.63) is 24.3 Å². The number of thioether (sulfide) groups is 1. The first-order valence-electron chi connectivity index (χ1n) is 7.15. The van der Waals surface area contributed by atoms with E-state index in [1.165, 1.54) is 16.7 Å². The number of carbonyl (C=O) groups is 3. The van der Waals surface area contributed by atoms with Gasteiger partial charge < -0.3 is 15.5 Å². The summed E-state index contributed by atoms with van der Waals surface area (Å²) < 4.78 is 0. The number of primary amides is 1. The van der Waals surface area contributed by atoms with E-state index in [0.717, 1.165) is 10.6 Å². The lowest BCUT2D eigenvalue weighted by molar-refractivity contribution is -0.130. The lowest BCUT2D eigenvalue weighted by Crippen LogP contribution is -2.44. The maximum absolute atomic E-state index is 12.4. The minimum atomic E-state index is -0.369. The van der Waals surface area contributed by atoms with Crippen LogP contribution in [0, 0.1) is 5.92 Å². The fourth-order valence-electron chi connectivity index (χ4n) is 2.78. The topological polar surface area (TPSA) is 83.7 Å². The lowest BCUT2D eigenvalue weighted by atomic mass is 10.1. The molecule has 22 heavy (non-hydrogen) atoms. The highest BCUT2D eigenvalue weighted by molar-refractivity contribution is 8.00. The van der Waals surface area contributed by atoms with Gasteiger partial charge in [0.05, 0.1) is 17.4 Å². The number of nitrogens with zero attached hydrogens (tertiary/aromatic N) is 2. The van der Waals surface area contributed by atoms with Crippen molar-refractivity contribution >= 4 is 35.2 Å². The number of rotatable bonds is 3. The van der Waals surface area contributed by atoms with Crippen molar-refractivity contribution in [3.63, 3.8) is 0 Å². The lowest BCUT2D eigenvalue weighted by Gasteiger charge is -2.29. The van der Waals surface area contributed by atoms with Crippen LogP contribution in [0.5, 0.6) is 0 Å². The molecule has 2 heterocycles. The van der Waals surface area contributed by atoms with E-state index in [1.54, 1.807) is 4.90 Å². The van der Waals surface area contributed by atoms with Crippen LogP contribution in [0.2, 0.25) is 0 Å². The quantitative estimate of drug-likeness (QED) is 0.877. The van der Waals surface area contributed by atoms with E-state index >= 15 is 0 Å². The largest absolute Gasteiger partial charge is 0.369 e. The third-order valence-corrected chi connectivity index (χ3v) is 5.09. The fourth-order valence-corrected chi connectivity index (χ4v) is 3.72.